The smallest absolute Gasteiger partial charge is 0.240 e. The van der Waals surface area contributed by atoms with Crippen molar-refractivity contribution >= 4 is 27.5 Å². The lowest BCUT2D eigenvalue weighted by atomic mass is 10.1. The van der Waals surface area contributed by atoms with E-state index >= 15 is 0 Å². The summed E-state index contributed by atoms with van der Waals surface area (Å²) in [7, 11) is -3.57. The lowest BCUT2D eigenvalue weighted by Crippen LogP contribution is -2.35. The minimum atomic E-state index is -3.57. The number of benzene rings is 1. The predicted molar refractivity (Wildman–Crippen MR) is 107 cm³/mol. The molecule has 1 saturated heterocycles. The van der Waals surface area contributed by atoms with E-state index in [0.29, 0.717) is 18.7 Å². The largest absolute Gasteiger partial charge is 0.339 e. The first-order chi connectivity index (χ1) is 13.3. The molecule has 2 amide bonds. The summed E-state index contributed by atoms with van der Waals surface area (Å²) in [5.41, 5.74) is 0.527. The van der Waals surface area contributed by atoms with Crippen molar-refractivity contribution in [3.63, 3.8) is 0 Å². The highest BCUT2D eigenvalue weighted by atomic mass is 32.2. The summed E-state index contributed by atoms with van der Waals surface area (Å²) >= 11 is 0. The highest BCUT2D eigenvalue weighted by Crippen LogP contribution is 2.30. The lowest BCUT2D eigenvalue weighted by molar-refractivity contribution is -0.129. The van der Waals surface area contributed by atoms with Crippen LogP contribution < -0.4 is 10.0 Å². The van der Waals surface area contributed by atoms with Gasteiger partial charge in [0.25, 0.3) is 0 Å². The van der Waals surface area contributed by atoms with E-state index in [9.17, 15) is 18.0 Å². The molecule has 0 aromatic heterocycles. The monoisotopic (exact) mass is 407 g/mol. The zero-order valence-electron chi connectivity index (χ0n) is 16.5. The fourth-order valence-corrected chi connectivity index (χ4v) is 5.18. The van der Waals surface area contributed by atoms with Gasteiger partial charge in [0.05, 0.1) is 10.8 Å². The van der Waals surface area contributed by atoms with Crippen LogP contribution in [0.1, 0.15) is 52.4 Å². The number of likely N-dealkylation sites (tertiary alicyclic amines) is 1. The number of carbonyl (C=O) groups excluding carboxylic acids is 2. The van der Waals surface area contributed by atoms with Gasteiger partial charge in [-0.1, -0.05) is 19.8 Å². The van der Waals surface area contributed by atoms with E-state index in [1.54, 1.807) is 12.1 Å². The van der Waals surface area contributed by atoms with Crippen LogP contribution in [-0.2, 0) is 19.6 Å². The number of anilines is 1. The molecular formula is C20H29N3O4S. The van der Waals surface area contributed by atoms with Gasteiger partial charge in [-0.3, -0.25) is 9.59 Å². The van der Waals surface area contributed by atoms with Crippen LogP contribution in [-0.4, -0.2) is 43.8 Å². The standard InChI is InChI=1S/C20H29N3O4S/c1-3-14(2)22-28(26,27)18-10-8-16(9-11-18)21-20(25)15-12-19(24)23(13-15)17-6-4-5-7-17/h8-11,14-15,17,22H,3-7,12-13H2,1-2H3,(H,21,25)/t14-,15-/m1/s1. The van der Waals surface area contributed by atoms with Gasteiger partial charge >= 0.3 is 0 Å². The molecule has 7 nitrogen and oxygen atoms in total. The van der Waals surface area contributed by atoms with E-state index in [0.717, 1.165) is 25.7 Å². The lowest BCUT2D eigenvalue weighted by Gasteiger charge is -2.23. The second kappa shape index (κ2) is 8.61. The fourth-order valence-electron chi connectivity index (χ4n) is 3.85. The molecule has 1 aromatic carbocycles. The fraction of sp³-hybridized carbons (Fsp3) is 0.600. The van der Waals surface area contributed by atoms with Crippen LogP contribution in [0.25, 0.3) is 0 Å². The molecule has 0 spiro atoms. The summed E-state index contributed by atoms with van der Waals surface area (Å²) in [6, 6.07) is 6.25. The number of nitrogens with one attached hydrogen (secondary N) is 2. The van der Waals surface area contributed by atoms with Crippen LogP contribution in [0.5, 0.6) is 0 Å². The zero-order valence-corrected chi connectivity index (χ0v) is 17.3. The first-order valence-electron chi connectivity index (χ1n) is 10.0. The van der Waals surface area contributed by atoms with Crippen molar-refractivity contribution in [3.05, 3.63) is 24.3 Å². The molecule has 2 fully saturated rings. The predicted octanol–water partition coefficient (Wildman–Crippen LogP) is 2.49. The third-order valence-electron chi connectivity index (χ3n) is 5.70. The zero-order chi connectivity index (χ0) is 20.3. The third kappa shape index (κ3) is 4.72. The van der Waals surface area contributed by atoms with E-state index in [4.69, 9.17) is 0 Å². The van der Waals surface area contributed by atoms with Gasteiger partial charge in [0.1, 0.15) is 0 Å². The minimum Gasteiger partial charge on any atom is -0.339 e. The van der Waals surface area contributed by atoms with Gasteiger partial charge in [0, 0.05) is 30.7 Å². The number of amides is 2. The van der Waals surface area contributed by atoms with Crippen molar-refractivity contribution < 1.29 is 18.0 Å². The number of carbonyl (C=O) groups is 2. The number of hydrogen-bond donors (Lipinski definition) is 2. The van der Waals surface area contributed by atoms with Crippen molar-refractivity contribution in [1.82, 2.24) is 9.62 Å². The average molecular weight is 408 g/mol. The average Bonchev–Trinajstić information content (AvgIpc) is 3.31. The molecule has 0 bridgehead atoms. The molecule has 1 aliphatic carbocycles. The Labute approximate surface area is 166 Å². The number of hydrogen-bond acceptors (Lipinski definition) is 4. The first-order valence-corrected chi connectivity index (χ1v) is 11.5. The van der Waals surface area contributed by atoms with Crippen LogP contribution in [0, 0.1) is 5.92 Å². The third-order valence-corrected chi connectivity index (χ3v) is 7.30. The van der Waals surface area contributed by atoms with E-state index in [1.807, 2.05) is 18.7 Å². The second-order valence-corrected chi connectivity index (χ2v) is 9.54. The van der Waals surface area contributed by atoms with Crippen LogP contribution >= 0.6 is 0 Å². The summed E-state index contributed by atoms with van der Waals surface area (Å²) < 4.78 is 27.2. The summed E-state index contributed by atoms with van der Waals surface area (Å²) in [6.07, 6.45) is 5.29. The van der Waals surface area contributed by atoms with Crippen molar-refractivity contribution in [2.45, 2.75) is 69.4 Å². The van der Waals surface area contributed by atoms with E-state index in [2.05, 4.69) is 10.0 Å². The van der Waals surface area contributed by atoms with E-state index in [1.165, 1.54) is 12.1 Å². The Morgan fingerprint density at radius 2 is 1.86 bits per heavy atom. The number of rotatable bonds is 7. The maximum Gasteiger partial charge on any atom is 0.240 e. The SMILES string of the molecule is CC[C@@H](C)NS(=O)(=O)c1ccc(NC(=O)[C@@H]2CC(=O)N(C3CCCC3)C2)cc1. The van der Waals surface area contributed by atoms with Gasteiger partial charge in [-0.15, -0.1) is 0 Å². The molecule has 1 aromatic rings. The number of sulfonamides is 1. The highest BCUT2D eigenvalue weighted by molar-refractivity contribution is 7.89. The van der Waals surface area contributed by atoms with Crippen LogP contribution in [0.4, 0.5) is 5.69 Å². The Hall–Kier alpha value is -1.93. The Bertz CT molecular complexity index is 816. The number of nitrogens with zero attached hydrogens (tertiary/aromatic N) is 1. The van der Waals surface area contributed by atoms with Crippen molar-refractivity contribution in [2.24, 2.45) is 5.92 Å². The van der Waals surface area contributed by atoms with Crippen molar-refractivity contribution in [2.75, 3.05) is 11.9 Å². The Kier molecular flexibility index (Phi) is 6.40. The van der Waals surface area contributed by atoms with E-state index < -0.39 is 10.0 Å². The summed E-state index contributed by atoms with van der Waals surface area (Å²) in [6.45, 7) is 4.19. The van der Waals surface area contributed by atoms with Gasteiger partial charge in [-0.25, -0.2) is 13.1 Å². The molecule has 1 aliphatic heterocycles. The molecule has 0 unspecified atom stereocenters. The van der Waals surface area contributed by atoms with Gasteiger partial charge in [-0.05, 0) is 50.5 Å². The molecule has 2 atom stereocenters. The highest BCUT2D eigenvalue weighted by Gasteiger charge is 2.38. The molecule has 1 heterocycles. The maximum absolute atomic E-state index is 12.6. The summed E-state index contributed by atoms with van der Waals surface area (Å²) in [4.78, 5) is 26.9. The van der Waals surface area contributed by atoms with Gasteiger partial charge in [0.15, 0.2) is 0 Å². The van der Waals surface area contributed by atoms with Gasteiger partial charge in [0.2, 0.25) is 21.8 Å². The quantitative estimate of drug-likeness (QED) is 0.726. The van der Waals surface area contributed by atoms with Gasteiger partial charge in [-0.2, -0.15) is 0 Å². The molecular weight excluding hydrogens is 378 g/mol. The van der Waals surface area contributed by atoms with Crippen LogP contribution in [0.15, 0.2) is 29.2 Å². The van der Waals surface area contributed by atoms with Crippen molar-refractivity contribution in [3.8, 4) is 0 Å². The molecule has 3 rings (SSSR count). The molecule has 0 radical (unpaired) electrons. The van der Waals surface area contributed by atoms with E-state index in [-0.39, 0.29) is 41.1 Å². The first kappa shape index (κ1) is 20.8. The molecule has 2 N–H and O–H groups in total. The summed E-state index contributed by atoms with van der Waals surface area (Å²) in [5, 5.41) is 2.81. The van der Waals surface area contributed by atoms with Gasteiger partial charge < -0.3 is 10.2 Å². The Morgan fingerprint density at radius 3 is 2.46 bits per heavy atom. The molecule has 2 aliphatic rings. The topological polar surface area (TPSA) is 95.6 Å². The summed E-state index contributed by atoms with van der Waals surface area (Å²) in [5.74, 6) is -0.490. The van der Waals surface area contributed by atoms with Crippen molar-refractivity contribution in [1.29, 1.82) is 0 Å². The Morgan fingerprint density at radius 1 is 1.21 bits per heavy atom. The molecule has 8 heteroatoms. The Balaban J connectivity index is 1.59. The molecule has 1 saturated carbocycles. The normalized spacial score (nSPS) is 21.9. The molecule has 154 valence electrons. The van der Waals surface area contributed by atoms with Crippen LogP contribution in [0.3, 0.4) is 0 Å². The molecule has 28 heavy (non-hydrogen) atoms. The maximum atomic E-state index is 12.6. The minimum absolute atomic E-state index is 0.0598. The second-order valence-electron chi connectivity index (χ2n) is 7.83. The van der Waals surface area contributed by atoms with Crippen LogP contribution in [0.2, 0.25) is 0 Å².